The minimum absolute atomic E-state index is 0.174. The quantitative estimate of drug-likeness (QED) is 0.736. The zero-order valence-electron chi connectivity index (χ0n) is 13.9. The minimum Gasteiger partial charge on any atom is -0.444 e. The van der Waals surface area contributed by atoms with E-state index in [9.17, 15) is 4.79 Å². The van der Waals surface area contributed by atoms with Gasteiger partial charge >= 0.3 is 6.09 Å². The fourth-order valence-electron chi connectivity index (χ4n) is 2.06. The molecule has 0 saturated heterocycles. The van der Waals surface area contributed by atoms with E-state index in [1.54, 1.807) is 10.9 Å². The van der Waals surface area contributed by atoms with E-state index in [0.717, 1.165) is 16.9 Å². The van der Waals surface area contributed by atoms with Gasteiger partial charge in [0.15, 0.2) is 5.11 Å². The molecule has 7 nitrogen and oxygen atoms in total. The molecule has 0 unspecified atom stereocenters. The Labute approximate surface area is 146 Å². The second kappa shape index (κ2) is 7.31. The van der Waals surface area contributed by atoms with Gasteiger partial charge in [-0.15, -0.1) is 0 Å². The number of anilines is 1. The van der Waals surface area contributed by atoms with Crippen molar-refractivity contribution >= 4 is 29.1 Å². The van der Waals surface area contributed by atoms with Crippen molar-refractivity contribution in [3.8, 4) is 5.69 Å². The van der Waals surface area contributed by atoms with Gasteiger partial charge in [-0.05, 0) is 62.8 Å². The van der Waals surface area contributed by atoms with Crippen LogP contribution in [0.4, 0.5) is 10.5 Å². The number of aromatic nitrogens is 2. The van der Waals surface area contributed by atoms with Gasteiger partial charge in [0, 0.05) is 24.6 Å². The second-order valence-corrected chi connectivity index (χ2v) is 6.58. The molecular weight excluding hydrogens is 326 g/mol. The Hall–Kier alpha value is -2.61. The number of carbonyl (C=O) groups is 1. The number of rotatable bonds is 4. The zero-order valence-corrected chi connectivity index (χ0v) is 14.7. The van der Waals surface area contributed by atoms with Gasteiger partial charge in [-0.25, -0.2) is 9.48 Å². The first-order chi connectivity index (χ1) is 11.2. The maximum atomic E-state index is 11.9. The van der Waals surface area contributed by atoms with Crippen molar-refractivity contribution < 1.29 is 9.53 Å². The number of nitrogens with zero attached hydrogens (tertiary/aromatic N) is 2. The highest BCUT2D eigenvalue weighted by Gasteiger charge is 2.16. The van der Waals surface area contributed by atoms with E-state index in [4.69, 9.17) is 22.7 Å². The van der Waals surface area contributed by atoms with Gasteiger partial charge in [-0.1, -0.05) is 0 Å². The van der Waals surface area contributed by atoms with Crippen LogP contribution in [0.15, 0.2) is 36.7 Å². The van der Waals surface area contributed by atoms with E-state index >= 15 is 0 Å². The number of nitrogens with one attached hydrogen (secondary N) is 2. The third-order valence-electron chi connectivity index (χ3n) is 2.92. The van der Waals surface area contributed by atoms with Crippen LogP contribution in [0.3, 0.4) is 0 Å². The molecular formula is C16H21N5O2S. The summed E-state index contributed by atoms with van der Waals surface area (Å²) in [4.78, 5) is 11.9. The summed E-state index contributed by atoms with van der Waals surface area (Å²) < 4.78 is 6.97. The van der Waals surface area contributed by atoms with Gasteiger partial charge < -0.3 is 21.1 Å². The van der Waals surface area contributed by atoms with Crippen LogP contribution >= 0.6 is 12.2 Å². The molecule has 1 heterocycles. The Kier molecular flexibility index (Phi) is 5.40. The molecule has 0 aliphatic carbocycles. The van der Waals surface area contributed by atoms with E-state index < -0.39 is 11.7 Å². The summed E-state index contributed by atoms with van der Waals surface area (Å²) in [5.41, 5.74) is 7.37. The lowest BCUT2D eigenvalue weighted by atomic mass is 10.1. The lowest BCUT2D eigenvalue weighted by Crippen LogP contribution is -2.32. The van der Waals surface area contributed by atoms with Gasteiger partial charge in [0.2, 0.25) is 0 Å². The number of amides is 1. The molecule has 0 aliphatic heterocycles. The van der Waals surface area contributed by atoms with Gasteiger partial charge in [0.1, 0.15) is 5.60 Å². The highest BCUT2D eigenvalue weighted by molar-refractivity contribution is 7.80. The third-order valence-corrected chi connectivity index (χ3v) is 3.02. The van der Waals surface area contributed by atoms with Gasteiger partial charge in [0.25, 0.3) is 0 Å². The Morgan fingerprint density at radius 3 is 2.75 bits per heavy atom. The summed E-state index contributed by atoms with van der Waals surface area (Å²) in [6.07, 6.45) is 3.03. The van der Waals surface area contributed by atoms with Gasteiger partial charge in [0.05, 0.1) is 5.69 Å². The molecule has 0 atom stereocenters. The normalized spacial score (nSPS) is 11.0. The molecule has 0 saturated carbocycles. The van der Waals surface area contributed by atoms with E-state index in [1.165, 1.54) is 0 Å². The largest absolute Gasteiger partial charge is 0.444 e. The predicted octanol–water partition coefficient (Wildman–Crippen LogP) is 2.55. The fourth-order valence-corrected chi connectivity index (χ4v) is 2.18. The Morgan fingerprint density at radius 2 is 2.17 bits per heavy atom. The second-order valence-electron chi connectivity index (χ2n) is 6.14. The van der Waals surface area contributed by atoms with Gasteiger partial charge in [-0.3, -0.25) is 0 Å². The Morgan fingerprint density at radius 1 is 1.42 bits per heavy atom. The minimum atomic E-state index is -0.552. The molecule has 0 spiro atoms. The number of ether oxygens (including phenoxy) is 1. The molecule has 1 aromatic heterocycles. The van der Waals surface area contributed by atoms with Crippen molar-refractivity contribution in [3.63, 3.8) is 0 Å². The lowest BCUT2D eigenvalue weighted by Gasteiger charge is -2.20. The topological polar surface area (TPSA) is 94.2 Å². The van der Waals surface area contributed by atoms with Crippen molar-refractivity contribution in [1.29, 1.82) is 0 Å². The van der Waals surface area contributed by atoms with Crippen molar-refractivity contribution in [2.45, 2.75) is 32.9 Å². The Balaban J connectivity index is 2.21. The number of hydrogen-bond donors (Lipinski definition) is 3. The summed E-state index contributed by atoms with van der Waals surface area (Å²) in [5.74, 6) is 0. The van der Waals surface area contributed by atoms with Crippen LogP contribution in [0.2, 0.25) is 0 Å². The monoisotopic (exact) mass is 347 g/mol. The van der Waals surface area contributed by atoms with Crippen LogP contribution < -0.4 is 16.4 Å². The molecule has 0 radical (unpaired) electrons. The predicted molar refractivity (Wildman–Crippen MR) is 97.0 cm³/mol. The summed E-state index contributed by atoms with van der Waals surface area (Å²) in [6.45, 7) is 5.72. The molecule has 24 heavy (non-hydrogen) atoms. The number of benzene rings is 1. The summed E-state index contributed by atoms with van der Waals surface area (Å²) in [7, 11) is 0. The maximum Gasteiger partial charge on any atom is 0.407 e. The Bertz CT molecular complexity index is 723. The fraction of sp³-hybridized carbons (Fsp3) is 0.312. The first-order valence-electron chi connectivity index (χ1n) is 7.41. The molecule has 0 bridgehead atoms. The number of hydrogen-bond acceptors (Lipinski definition) is 4. The first-order valence-corrected chi connectivity index (χ1v) is 7.82. The van der Waals surface area contributed by atoms with Crippen LogP contribution in [-0.2, 0) is 11.3 Å². The number of nitrogens with two attached hydrogens (primary N) is 1. The number of carbonyl (C=O) groups excluding carboxylic acids is 1. The summed E-state index contributed by atoms with van der Waals surface area (Å²) >= 11 is 4.86. The van der Waals surface area contributed by atoms with Crippen LogP contribution in [-0.4, -0.2) is 26.6 Å². The molecule has 128 valence electrons. The van der Waals surface area contributed by atoms with E-state index in [2.05, 4.69) is 15.7 Å². The molecule has 4 N–H and O–H groups in total. The van der Waals surface area contributed by atoms with Crippen molar-refractivity contribution in [2.75, 3.05) is 5.32 Å². The smallest absolute Gasteiger partial charge is 0.407 e. The SMILES string of the molecule is CC(C)(C)OC(=O)NCc1cc(NC(N)=S)ccc1-n1cccn1. The molecule has 0 fully saturated rings. The molecule has 8 heteroatoms. The van der Waals surface area contributed by atoms with Crippen LogP contribution in [0.1, 0.15) is 26.3 Å². The molecule has 1 aromatic carbocycles. The van der Waals surface area contributed by atoms with E-state index in [-0.39, 0.29) is 11.7 Å². The zero-order chi connectivity index (χ0) is 17.7. The molecule has 0 aliphatic rings. The lowest BCUT2D eigenvalue weighted by molar-refractivity contribution is 0.0523. The average Bonchev–Trinajstić information content (AvgIpc) is 2.96. The van der Waals surface area contributed by atoms with E-state index in [0.29, 0.717) is 0 Å². The highest BCUT2D eigenvalue weighted by Crippen LogP contribution is 2.19. The highest BCUT2D eigenvalue weighted by atomic mass is 32.1. The maximum absolute atomic E-state index is 11.9. The van der Waals surface area contributed by atoms with Gasteiger partial charge in [-0.2, -0.15) is 5.10 Å². The number of alkyl carbamates (subject to hydrolysis) is 1. The van der Waals surface area contributed by atoms with Crippen LogP contribution in [0.25, 0.3) is 5.69 Å². The standard InChI is InChI=1S/C16H21N5O2S/c1-16(2,3)23-15(22)18-10-11-9-12(20-14(17)24)5-6-13(11)21-8-4-7-19-21/h4-9H,10H2,1-3H3,(H,18,22)(H3,17,20,24). The third kappa shape index (κ3) is 5.24. The van der Waals surface area contributed by atoms with Crippen molar-refractivity contribution in [3.05, 3.63) is 42.2 Å². The molecule has 1 amide bonds. The molecule has 2 aromatic rings. The average molecular weight is 347 g/mol. The van der Waals surface area contributed by atoms with E-state index in [1.807, 2.05) is 51.2 Å². The number of thiocarbonyl (C=S) groups is 1. The first kappa shape index (κ1) is 17.7. The van der Waals surface area contributed by atoms with Crippen LogP contribution in [0.5, 0.6) is 0 Å². The summed E-state index contributed by atoms with van der Waals surface area (Å²) in [6, 6.07) is 7.40. The van der Waals surface area contributed by atoms with Crippen molar-refractivity contribution in [1.82, 2.24) is 15.1 Å². The summed E-state index contributed by atoms with van der Waals surface area (Å²) in [5, 5.41) is 10.0. The molecule has 2 rings (SSSR count). The van der Waals surface area contributed by atoms with Crippen LogP contribution in [0, 0.1) is 0 Å². The van der Waals surface area contributed by atoms with Crippen molar-refractivity contribution in [2.24, 2.45) is 5.73 Å².